The molecule has 0 saturated heterocycles. The molecule has 2 aromatic rings. The molecule has 102 valence electrons. The fraction of sp³-hybridized carbons (Fsp3) is 0.357. The van der Waals surface area contributed by atoms with E-state index in [4.69, 9.17) is 14.3 Å². The number of furan rings is 1. The molecule has 5 heteroatoms. The maximum absolute atomic E-state index is 12.0. The number of ether oxygens (including phenoxy) is 1. The molecule has 0 aliphatic rings. The average Bonchev–Trinajstić information content (AvgIpc) is 2.82. The summed E-state index contributed by atoms with van der Waals surface area (Å²) in [5.41, 5.74) is -0.155. The minimum absolute atomic E-state index is 0.151. The van der Waals surface area contributed by atoms with Gasteiger partial charge in [0.25, 0.3) is 5.91 Å². The molecule has 5 nitrogen and oxygen atoms in total. The van der Waals surface area contributed by atoms with Gasteiger partial charge in [-0.05, 0) is 26.0 Å². The third-order valence-electron chi connectivity index (χ3n) is 2.80. The van der Waals surface area contributed by atoms with Crippen LogP contribution in [0.4, 0.5) is 0 Å². The summed E-state index contributed by atoms with van der Waals surface area (Å²) in [6, 6.07) is 7.09. The fourth-order valence-corrected chi connectivity index (χ4v) is 1.72. The molecule has 0 radical (unpaired) electrons. The van der Waals surface area contributed by atoms with Gasteiger partial charge in [0.15, 0.2) is 17.1 Å². The normalized spacial score (nSPS) is 11.6. The highest BCUT2D eigenvalue weighted by Crippen LogP contribution is 2.28. The van der Waals surface area contributed by atoms with Crippen LogP contribution in [0.2, 0.25) is 0 Å². The van der Waals surface area contributed by atoms with Gasteiger partial charge in [0.05, 0.1) is 19.3 Å². The Morgan fingerprint density at radius 2 is 2.21 bits per heavy atom. The van der Waals surface area contributed by atoms with Crippen LogP contribution in [-0.2, 0) is 0 Å². The van der Waals surface area contributed by atoms with Gasteiger partial charge >= 0.3 is 0 Å². The van der Waals surface area contributed by atoms with E-state index in [-0.39, 0.29) is 18.3 Å². The summed E-state index contributed by atoms with van der Waals surface area (Å²) in [7, 11) is 1.55. The highest BCUT2D eigenvalue weighted by molar-refractivity contribution is 5.97. The first-order chi connectivity index (χ1) is 8.96. The molecule has 1 aromatic carbocycles. The zero-order valence-electron chi connectivity index (χ0n) is 11.2. The van der Waals surface area contributed by atoms with Crippen LogP contribution in [0.5, 0.6) is 5.75 Å². The second-order valence-corrected chi connectivity index (χ2v) is 4.99. The minimum atomic E-state index is -0.694. The topological polar surface area (TPSA) is 71.7 Å². The average molecular weight is 263 g/mol. The monoisotopic (exact) mass is 263 g/mol. The number of rotatable bonds is 4. The largest absolute Gasteiger partial charge is 0.493 e. The van der Waals surface area contributed by atoms with Gasteiger partial charge in [0.1, 0.15) is 0 Å². The molecule has 2 N–H and O–H groups in total. The molecule has 1 heterocycles. The minimum Gasteiger partial charge on any atom is -0.493 e. The number of nitrogens with one attached hydrogen (secondary N) is 1. The van der Waals surface area contributed by atoms with Crippen molar-refractivity contribution in [1.82, 2.24) is 5.32 Å². The van der Waals surface area contributed by atoms with Crippen LogP contribution in [0.15, 0.2) is 28.7 Å². The van der Waals surface area contributed by atoms with Crippen LogP contribution in [0, 0.1) is 0 Å². The van der Waals surface area contributed by atoms with E-state index in [1.54, 1.807) is 33.1 Å². The van der Waals surface area contributed by atoms with E-state index in [1.165, 1.54) is 0 Å². The van der Waals surface area contributed by atoms with Crippen LogP contribution in [-0.4, -0.2) is 30.3 Å². The van der Waals surface area contributed by atoms with Crippen LogP contribution in [0.1, 0.15) is 24.4 Å². The third-order valence-corrected chi connectivity index (χ3v) is 2.80. The Labute approximate surface area is 111 Å². The Morgan fingerprint density at radius 1 is 1.47 bits per heavy atom. The molecule has 0 atom stereocenters. The van der Waals surface area contributed by atoms with Gasteiger partial charge in [-0.2, -0.15) is 0 Å². The summed E-state index contributed by atoms with van der Waals surface area (Å²) >= 11 is 0. The van der Waals surface area contributed by atoms with E-state index in [0.717, 1.165) is 5.39 Å². The van der Waals surface area contributed by atoms with Gasteiger partial charge < -0.3 is 19.6 Å². The lowest BCUT2D eigenvalue weighted by atomic mass is 10.1. The lowest BCUT2D eigenvalue weighted by molar-refractivity contribution is 0.0843. The number of carbonyl (C=O) groups excluding carboxylic acids is 1. The Hall–Kier alpha value is -2.01. The maximum Gasteiger partial charge on any atom is 0.287 e. The molecule has 0 fully saturated rings. The molecule has 19 heavy (non-hydrogen) atoms. The summed E-state index contributed by atoms with van der Waals surface area (Å²) in [5, 5.41) is 12.6. The number of hydrogen-bond acceptors (Lipinski definition) is 4. The molecule has 0 unspecified atom stereocenters. The summed E-state index contributed by atoms with van der Waals surface area (Å²) in [6.45, 7) is 3.31. The van der Waals surface area contributed by atoms with Crippen molar-refractivity contribution in [3.05, 3.63) is 30.0 Å². The number of aliphatic hydroxyl groups excluding tert-OH is 1. The number of carbonyl (C=O) groups is 1. The van der Waals surface area contributed by atoms with E-state index < -0.39 is 5.54 Å². The van der Waals surface area contributed by atoms with E-state index in [2.05, 4.69) is 5.32 Å². The molecule has 0 saturated carbocycles. The molecular formula is C14H17NO4. The molecule has 0 aliphatic carbocycles. The Balaban J connectivity index is 2.34. The van der Waals surface area contributed by atoms with E-state index >= 15 is 0 Å². The van der Waals surface area contributed by atoms with Crippen LogP contribution < -0.4 is 10.1 Å². The van der Waals surface area contributed by atoms with Gasteiger partial charge in [-0.1, -0.05) is 12.1 Å². The molecule has 0 spiro atoms. The summed E-state index contributed by atoms with van der Waals surface area (Å²) in [5.74, 6) is 0.413. The summed E-state index contributed by atoms with van der Waals surface area (Å²) in [6.07, 6.45) is 0. The fourth-order valence-electron chi connectivity index (χ4n) is 1.72. The van der Waals surface area contributed by atoms with Crippen molar-refractivity contribution < 1.29 is 19.1 Å². The van der Waals surface area contributed by atoms with Gasteiger partial charge in [-0.3, -0.25) is 4.79 Å². The Morgan fingerprint density at radius 3 is 2.84 bits per heavy atom. The van der Waals surface area contributed by atoms with Gasteiger partial charge in [-0.15, -0.1) is 0 Å². The molecular weight excluding hydrogens is 246 g/mol. The SMILES string of the molecule is COc1cccc2cc(C(=O)NC(C)(C)CO)oc12. The van der Waals surface area contributed by atoms with Crippen molar-refractivity contribution in [2.24, 2.45) is 0 Å². The highest BCUT2D eigenvalue weighted by Gasteiger charge is 2.22. The second-order valence-electron chi connectivity index (χ2n) is 4.99. The lowest BCUT2D eigenvalue weighted by Gasteiger charge is -2.22. The number of fused-ring (bicyclic) bond motifs is 1. The highest BCUT2D eigenvalue weighted by atomic mass is 16.5. The van der Waals surface area contributed by atoms with E-state index in [0.29, 0.717) is 11.3 Å². The third kappa shape index (κ3) is 2.71. The lowest BCUT2D eigenvalue weighted by Crippen LogP contribution is -2.46. The summed E-state index contributed by atoms with van der Waals surface area (Å²) < 4.78 is 10.7. The van der Waals surface area contributed by atoms with Crippen molar-refractivity contribution in [2.45, 2.75) is 19.4 Å². The molecule has 2 rings (SSSR count). The zero-order valence-corrected chi connectivity index (χ0v) is 11.2. The zero-order chi connectivity index (χ0) is 14.0. The number of para-hydroxylation sites is 1. The number of aliphatic hydroxyl groups is 1. The van der Waals surface area contributed by atoms with Crippen LogP contribution >= 0.6 is 0 Å². The van der Waals surface area contributed by atoms with Gasteiger partial charge in [-0.25, -0.2) is 0 Å². The van der Waals surface area contributed by atoms with Crippen molar-refractivity contribution in [3.63, 3.8) is 0 Å². The quantitative estimate of drug-likeness (QED) is 0.884. The number of methoxy groups -OCH3 is 1. The van der Waals surface area contributed by atoms with Crippen molar-refractivity contribution >= 4 is 16.9 Å². The predicted molar refractivity (Wildman–Crippen MR) is 71.4 cm³/mol. The van der Waals surface area contributed by atoms with E-state index in [1.807, 2.05) is 12.1 Å². The van der Waals surface area contributed by atoms with Gasteiger partial charge in [0.2, 0.25) is 0 Å². The molecule has 1 amide bonds. The van der Waals surface area contributed by atoms with Crippen molar-refractivity contribution in [3.8, 4) is 5.75 Å². The standard InChI is InChI=1S/C14H17NO4/c1-14(2,8-16)15-13(17)11-7-9-5-4-6-10(18-3)12(9)19-11/h4-7,16H,8H2,1-3H3,(H,15,17). The predicted octanol–water partition coefficient (Wildman–Crippen LogP) is 1.94. The maximum atomic E-state index is 12.0. The Kier molecular flexibility index (Phi) is 3.48. The summed E-state index contributed by atoms with van der Waals surface area (Å²) in [4.78, 5) is 12.0. The van der Waals surface area contributed by atoms with E-state index in [9.17, 15) is 4.79 Å². The van der Waals surface area contributed by atoms with Crippen molar-refractivity contribution in [2.75, 3.05) is 13.7 Å². The molecule has 0 bridgehead atoms. The smallest absolute Gasteiger partial charge is 0.287 e. The van der Waals surface area contributed by atoms with Crippen LogP contribution in [0.3, 0.4) is 0 Å². The molecule has 1 aromatic heterocycles. The van der Waals surface area contributed by atoms with Gasteiger partial charge in [0, 0.05) is 5.39 Å². The number of amides is 1. The first-order valence-corrected chi connectivity index (χ1v) is 5.97. The Bertz CT molecular complexity index is 601. The second kappa shape index (κ2) is 4.93. The van der Waals surface area contributed by atoms with Crippen LogP contribution in [0.25, 0.3) is 11.0 Å². The molecule has 0 aliphatic heterocycles. The van der Waals surface area contributed by atoms with Crippen molar-refractivity contribution in [1.29, 1.82) is 0 Å². The first-order valence-electron chi connectivity index (χ1n) is 5.97. The number of benzene rings is 1. The number of hydrogen-bond donors (Lipinski definition) is 2. The first kappa shape index (κ1) is 13.4.